The molecule has 0 aromatic heterocycles. The molecule has 9 nitrogen and oxygen atoms in total. The first-order valence-corrected chi connectivity index (χ1v) is 9.45. The number of hydrogen-bond donors (Lipinski definition) is 3. The van der Waals surface area contributed by atoms with Gasteiger partial charge >= 0.3 is 5.97 Å². The molecule has 146 valence electrons. The minimum absolute atomic E-state index is 0.0104. The van der Waals surface area contributed by atoms with Crippen LogP contribution in [0.25, 0.3) is 0 Å². The molecular weight excluding hydrogens is 374 g/mol. The van der Waals surface area contributed by atoms with Crippen molar-refractivity contribution in [3.05, 3.63) is 33.9 Å². The van der Waals surface area contributed by atoms with Crippen LogP contribution in [-0.2, 0) is 9.59 Å². The van der Waals surface area contributed by atoms with Gasteiger partial charge in [0.1, 0.15) is 0 Å². The summed E-state index contributed by atoms with van der Waals surface area (Å²) in [5, 5.41) is 23.3. The van der Waals surface area contributed by atoms with E-state index in [1.165, 1.54) is 12.1 Å². The molecule has 2 amide bonds. The minimum atomic E-state index is -0.937. The van der Waals surface area contributed by atoms with Crippen molar-refractivity contribution in [3.8, 4) is 0 Å². The molecular formula is C17H21N3O6S. The Hall–Kier alpha value is -2.62. The summed E-state index contributed by atoms with van der Waals surface area (Å²) < 4.78 is 0. The number of nitrogens with one attached hydrogen (secondary N) is 1. The fourth-order valence-corrected chi connectivity index (χ4v) is 3.93. The predicted molar refractivity (Wildman–Crippen MR) is 98.5 cm³/mol. The van der Waals surface area contributed by atoms with Crippen LogP contribution in [0.1, 0.15) is 42.5 Å². The highest BCUT2D eigenvalue weighted by molar-refractivity contribution is 8.00. The molecule has 1 aromatic carbocycles. The Labute approximate surface area is 159 Å². The second kappa shape index (κ2) is 8.85. The molecule has 0 spiro atoms. The molecule has 0 unspecified atom stereocenters. The zero-order valence-corrected chi connectivity index (χ0v) is 15.4. The number of primary amides is 1. The first-order chi connectivity index (χ1) is 12.7. The zero-order valence-electron chi connectivity index (χ0n) is 14.6. The van der Waals surface area contributed by atoms with Gasteiger partial charge in [-0.05, 0) is 25.0 Å². The van der Waals surface area contributed by atoms with Crippen molar-refractivity contribution in [1.82, 2.24) is 5.32 Å². The summed E-state index contributed by atoms with van der Waals surface area (Å²) in [4.78, 5) is 45.6. The maximum atomic E-state index is 12.1. The third kappa shape index (κ3) is 5.19. The normalized spacial score (nSPS) is 15.7. The number of carboxylic acid groups (broad SMARTS) is 1. The predicted octanol–water partition coefficient (Wildman–Crippen LogP) is 1.94. The maximum absolute atomic E-state index is 12.1. The molecule has 0 atom stereocenters. The van der Waals surface area contributed by atoms with Crippen LogP contribution in [0.2, 0.25) is 0 Å². The second-order valence-corrected chi connectivity index (χ2v) is 7.53. The number of nitrogens with zero attached hydrogens (tertiary/aromatic N) is 1. The fraction of sp³-hybridized carbons (Fsp3) is 0.471. The van der Waals surface area contributed by atoms with Crippen LogP contribution in [-0.4, -0.2) is 40.1 Å². The molecule has 10 heteroatoms. The molecule has 0 aliphatic heterocycles. The van der Waals surface area contributed by atoms with E-state index in [0.717, 1.165) is 37.1 Å². The minimum Gasteiger partial charge on any atom is -0.481 e. The number of benzene rings is 1. The quantitative estimate of drug-likeness (QED) is 0.345. The van der Waals surface area contributed by atoms with E-state index in [2.05, 4.69) is 5.32 Å². The van der Waals surface area contributed by atoms with Crippen molar-refractivity contribution >= 4 is 35.2 Å². The van der Waals surface area contributed by atoms with E-state index >= 15 is 0 Å². The van der Waals surface area contributed by atoms with Gasteiger partial charge in [0, 0.05) is 18.2 Å². The Morgan fingerprint density at radius 2 is 1.93 bits per heavy atom. The van der Waals surface area contributed by atoms with Gasteiger partial charge in [-0.25, -0.2) is 0 Å². The summed E-state index contributed by atoms with van der Waals surface area (Å²) in [6.45, 7) is 0.0461. The Balaban J connectivity index is 1.98. The molecule has 0 radical (unpaired) electrons. The molecule has 0 bridgehead atoms. The molecule has 0 saturated heterocycles. The number of carbonyl (C=O) groups excluding carboxylic acids is 2. The second-order valence-electron chi connectivity index (χ2n) is 6.52. The van der Waals surface area contributed by atoms with Crippen LogP contribution < -0.4 is 11.1 Å². The van der Waals surface area contributed by atoms with Crippen molar-refractivity contribution in [3.63, 3.8) is 0 Å². The molecule has 1 saturated carbocycles. The zero-order chi connectivity index (χ0) is 20.0. The Morgan fingerprint density at radius 1 is 1.26 bits per heavy atom. The number of thioether (sulfide) groups is 1. The van der Waals surface area contributed by atoms with Crippen molar-refractivity contribution in [2.75, 3.05) is 12.3 Å². The number of amides is 2. The van der Waals surface area contributed by atoms with E-state index in [1.807, 2.05) is 0 Å². The first kappa shape index (κ1) is 20.7. The largest absolute Gasteiger partial charge is 0.481 e. The average molecular weight is 395 g/mol. The third-order valence-electron chi connectivity index (χ3n) is 4.69. The van der Waals surface area contributed by atoms with E-state index < -0.39 is 28.1 Å². The number of nitrogens with two attached hydrogens (primary N) is 1. The Bertz CT molecular complexity index is 761. The smallest absolute Gasteiger partial charge is 0.311 e. The van der Waals surface area contributed by atoms with Gasteiger partial charge in [0.05, 0.1) is 21.0 Å². The van der Waals surface area contributed by atoms with Crippen LogP contribution in [0, 0.1) is 15.5 Å². The first-order valence-electron chi connectivity index (χ1n) is 8.46. The van der Waals surface area contributed by atoms with Crippen molar-refractivity contribution in [2.45, 2.75) is 37.0 Å². The maximum Gasteiger partial charge on any atom is 0.311 e. The Morgan fingerprint density at radius 3 is 2.48 bits per heavy atom. The van der Waals surface area contributed by atoms with Crippen LogP contribution in [0.5, 0.6) is 0 Å². The topological polar surface area (TPSA) is 153 Å². The van der Waals surface area contributed by atoms with Crippen LogP contribution >= 0.6 is 11.8 Å². The van der Waals surface area contributed by atoms with E-state index in [0.29, 0.717) is 12.8 Å². The van der Waals surface area contributed by atoms with Gasteiger partial charge in [-0.3, -0.25) is 24.5 Å². The van der Waals surface area contributed by atoms with E-state index in [-0.39, 0.29) is 28.4 Å². The molecule has 2 rings (SSSR count). The van der Waals surface area contributed by atoms with Gasteiger partial charge in [-0.2, -0.15) is 0 Å². The molecule has 1 fully saturated rings. The lowest BCUT2D eigenvalue weighted by molar-refractivity contribution is -0.387. The molecule has 1 aliphatic carbocycles. The van der Waals surface area contributed by atoms with E-state index in [4.69, 9.17) is 5.73 Å². The number of rotatable bonds is 8. The monoisotopic (exact) mass is 395 g/mol. The average Bonchev–Trinajstić information content (AvgIpc) is 2.65. The number of nitro benzene ring substituents is 1. The number of hydrogen-bond acceptors (Lipinski definition) is 6. The lowest BCUT2D eigenvalue weighted by Crippen LogP contribution is -2.44. The molecule has 1 aromatic rings. The van der Waals surface area contributed by atoms with Crippen LogP contribution in [0.15, 0.2) is 23.1 Å². The van der Waals surface area contributed by atoms with Gasteiger partial charge < -0.3 is 16.2 Å². The van der Waals surface area contributed by atoms with Crippen molar-refractivity contribution < 1.29 is 24.4 Å². The van der Waals surface area contributed by atoms with E-state index in [1.54, 1.807) is 0 Å². The Kier molecular flexibility index (Phi) is 6.78. The summed E-state index contributed by atoms with van der Waals surface area (Å²) >= 11 is 0.945. The van der Waals surface area contributed by atoms with Crippen molar-refractivity contribution in [1.29, 1.82) is 0 Å². The lowest BCUT2D eigenvalue weighted by atomic mass is 9.74. The highest BCUT2D eigenvalue weighted by atomic mass is 32.2. The van der Waals surface area contributed by atoms with Gasteiger partial charge in [0.15, 0.2) is 0 Å². The molecule has 27 heavy (non-hydrogen) atoms. The van der Waals surface area contributed by atoms with Crippen LogP contribution in [0.4, 0.5) is 5.69 Å². The highest BCUT2D eigenvalue weighted by Crippen LogP contribution is 2.36. The summed E-state index contributed by atoms with van der Waals surface area (Å²) in [5.74, 6) is -2.20. The number of nitro groups is 1. The van der Waals surface area contributed by atoms with Crippen LogP contribution in [0.3, 0.4) is 0 Å². The SMILES string of the molecule is NC(=O)c1ccc(SCC(=O)NCC2(C(=O)O)CCCCC2)c([N+](=O)[O-])c1. The van der Waals surface area contributed by atoms with Gasteiger partial charge in [-0.15, -0.1) is 11.8 Å². The number of aliphatic carboxylic acids is 1. The lowest BCUT2D eigenvalue weighted by Gasteiger charge is -2.33. The standard InChI is InChI=1S/C17H21N3O6S/c18-15(22)11-4-5-13(12(8-11)20(25)26)27-9-14(21)19-10-17(16(23)24)6-2-1-3-7-17/h4-5,8H,1-3,6-7,9-10H2,(H2,18,22)(H,19,21)(H,23,24). The molecule has 1 aliphatic rings. The summed E-state index contributed by atoms with van der Waals surface area (Å²) in [6, 6.07) is 3.80. The fourth-order valence-electron chi connectivity index (χ4n) is 3.09. The van der Waals surface area contributed by atoms with Gasteiger partial charge in [0.2, 0.25) is 11.8 Å². The molecule has 4 N–H and O–H groups in total. The molecule has 0 heterocycles. The van der Waals surface area contributed by atoms with Gasteiger partial charge in [0.25, 0.3) is 5.69 Å². The summed E-state index contributed by atoms with van der Waals surface area (Å²) in [6.07, 6.45) is 3.67. The van der Waals surface area contributed by atoms with E-state index in [9.17, 15) is 29.6 Å². The highest BCUT2D eigenvalue weighted by Gasteiger charge is 2.39. The summed E-state index contributed by atoms with van der Waals surface area (Å²) in [5.41, 5.74) is 3.89. The van der Waals surface area contributed by atoms with Crippen molar-refractivity contribution in [2.24, 2.45) is 11.1 Å². The number of carbonyl (C=O) groups is 3. The summed E-state index contributed by atoms with van der Waals surface area (Å²) in [7, 11) is 0. The third-order valence-corrected chi connectivity index (χ3v) is 5.75. The van der Waals surface area contributed by atoms with Gasteiger partial charge in [-0.1, -0.05) is 19.3 Å². The number of carboxylic acids is 1.